The molecule has 0 heterocycles. The van der Waals surface area contributed by atoms with E-state index in [2.05, 4.69) is 55.4 Å². The van der Waals surface area contributed by atoms with Crippen molar-refractivity contribution >= 4 is 19.5 Å². The quantitative estimate of drug-likeness (QED) is 0.368. The van der Waals surface area contributed by atoms with Crippen LogP contribution in [0.4, 0.5) is 0 Å². The van der Waals surface area contributed by atoms with Crippen LogP contribution in [0.3, 0.4) is 0 Å². The minimum atomic E-state index is -0.353. The van der Waals surface area contributed by atoms with Gasteiger partial charge in [-0.15, -0.1) is 0 Å². The largest absolute Gasteiger partial charge is 0.421 e. The third kappa shape index (κ3) is 11.9. The van der Waals surface area contributed by atoms with Crippen molar-refractivity contribution in [1.29, 1.82) is 0 Å². The van der Waals surface area contributed by atoms with E-state index in [1.165, 1.54) is 24.9 Å². The van der Waals surface area contributed by atoms with Crippen LogP contribution in [-0.2, 0) is 8.85 Å². The van der Waals surface area contributed by atoms with Crippen molar-refractivity contribution in [2.24, 2.45) is 23.7 Å². The third-order valence-corrected chi connectivity index (χ3v) is 8.00. The van der Waals surface area contributed by atoms with E-state index in [1.807, 2.05) is 0 Å². The number of hydrogen-bond donors (Lipinski definition) is 0. The average Bonchev–Trinajstić information content (AvgIpc) is 2.38. The van der Waals surface area contributed by atoms with E-state index in [-0.39, 0.29) is 19.5 Å². The van der Waals surface area contributed by atoms with Crippen molar-refractivity contribution in [3.8, 4) is 0 Å². The fourth-order valence-electron chi connectivity index (χ4n) is 2.67. The molecule has 0 aromatic rings. The van der Waals surface area contributed by atoms with E-state index < -0.39 is 0 Å². The Bertz CT molecular complexity index is 229. The SMILES string of the molecule is CC(C)CC(O[SiH2]CC[SiH2]OC(CC(C)C)C(C)C)C(C)C. The molecule has 0 saturated carbocycles. The summed E-state index contributed by atoms with van der Waals surface area (Å²) in [5.74, 6) is 2.78. The van der Waals surface area contributed by atoms with Crippen LogP contribution in [0.15, 0.2) is 0 Å². The molecule has 0 aromatic carbocycles. The zero-order valence-electron chi connectivity index (χ0n) is 16.5. The molecule has 0 radical (unpaired) electrons. The van der Waals surface area contributed by atoms with Crippen LogP contribution in [0.5, 0.6) is 0 Å². The molecule has 2 nitrogen and oxygen atoms in total. The van der Waals surface area contributed by atoms with E-state index in [0.29, 0.717) is 24.0 Å². The maximum absolute atomic E-state index is 6.24. The van der Waals surface area contributed by atoms with Gasteiger partial charge in [0.15, 0.2) is 19.5 Å². The second kappa shape index (κ2) is 12.7. The Morgan fingerprint density at radius 1 is 0.591 bits per heavy atom. The Labute approximate surface area is 145 Å². The third-order valence-electron chi connectivity index (χ3n) is 4.10. The van der Waals surface area contributed by atoms with Crippen molar-refractivity contribution in [2.45, 2.75) is 92.5 Å². The highest BCUT2D eigenvalue weighted by Gasteiger charge is 2.16. The highest BCUT2D eigenvalue weighted by Crippen LogP contribution is 2.18. The molecule has 2 atom stereocenters. The van der Waals surface area contributed by atoms with Crippen molar-refractivity contribution in [3.63, 3.8) is 0 Å². The first kappa shape index (κ1) is 22.4. The fraction of sp³-hybridized carbons (Fsp3) is 1.00. The molecule has 0 aliphatic rings. The molecule has 0 N–H and O–H groups in total. The van der Waals surface area contributed by atoms with Gasteiger partial charge in [-0.05, 0) is 48.6 Å². The lowest BCUT2D eigenvalue weighted by Crippen LogP contribution is -2.25. The Morgan fingerprint density at radius 3 is 1.14 bits per heavy atom. The summed E-state index contributed by atoms with van der Waals surface area (Å²) in [6.07, 6.45) is 3.39. The number of hydrogen-bond acceptors (Lipinski definition) is 2. The second-order valence-electron chi connectivity index (χ2n) is 8.27. The van der Waals surface area contributed by atoms with Crippen molar-refractivity contribution < 1.29 is 8.85 Å². The van der Waals surface area contributed by atoms with Crippen molar-refractivity contribution in [1.82, 2.24) is 0 Å². The van der Waals surface area contributed by atoms with Gasteiger partial charge in [-0.25, -0.2) is 0 Å². The van der Waals surface area contributed by atoms with Gasteiger partial charge in [0.05, 0.1) is 0 Å². The first-order valence-corrected chi connectivity index (χ1v) is 12.6. The van der Waals surface area contributed by atoms with Crippen LogP contribution in [0, 0.1) is 23.7 Å². The summed E-state index contributed by atoms with van der Waals surface area (Å²) in [6, 6.07) is 2.61. The van der Waals surface area contributed by atoms with E-state index >= 15 is 0 Å². The highest BCUT2D eigenvalue weighted by molar-refractivity contribution is 6.34. The monoisotopic (exact) mass is 346 g/mol. The van der Waals surface area contributed by atoms with Gasteiger partial charge in [-0.3, -0.25) is 0 Å². The lowest BCUT2D eigenvalue weighted by atomic mass is 9.98. The van der Waals surface area contributed by atoms with Gasteiger partial charge < -0.3 is 8.85 Å². The lowest BCUT2D eigenvalue weighted by Gasteiger charge is -2.25. The molecule has 0 spiro atoms. The maximum atomic E-state index is 6.24. The summed E-state index contributed by atoms with van der Waals surface area (Å²) in [4.78, 5) is 0. The zero-order valence-corrected chi connectivity index (χ0v) is 19.4. The molecule has 0 saturated heterocycles. The fourth-order valence-corrected chi connectivity index (χ4v) is 6.28. The van der Waals surface area contributed by atoms with Crippen LogP contribution in [0.25, 0.3) is 0 Å². The van der Waals surface area contributed by atoms with Gasteiger partial charge in [0.1, 0.15) is 0 Å². The normalized spacial score (nSPS) is 16.4. The first-order valence-electron chi connectivity index (χ1n) is 9.47. The first-order chi connectivity index (χ1) is 10.2. The molecule has 0 aliphatic heterocycles. The minimum absolute atomic E-state index is 0.353. The molecule has 4 heteroatoms. The molecule has 0 amide bonds. The molecule has 0 rings (SSSR count). The van der Waals surface area contributed by atoms with Gasteiger partial charge in [0.25, 0.3) is 0 Å². The summed E-state index contributed by atoms with van der Waals surface area (Å²) in [5, 5.41) is 0. The molecular formula is C18H42O2Si2. The smallest absolute Gasteiger partial charge is 0.161 e. The zero-order chi connectivity index (χ0) is 17.1. The topological polar surface area (TPSA) is 18.5 Å². The van der Waals surface area contributed by atoms with Crippen LogP contribution in [0.2, 0.25) is 12.1 Å². The molecule has 0 bridgehead atoms. The molecule has 134 valence electrons. The van der Waals surface area contributed by atoms with Crippen LogP contribution >= 0.6 is 0 Å². The van der Waals surface area contributed by atoms with E-state index in [0.717, 1.165) is 11.8 Å². The molecular weight excluding hydrogens is 304 g/mol. The number of rotatable bonds is 13. The van der Waals surface area contributed by atoms with Gasteiger partial charge >= 0.3 is 0 Å². The molecule has 2 unspecified atom stereocenters. The van der Waals surface area contributed by atoms with Crippen molar-refractivity contribution in [2.75, 3.05) is 0 Å². The van der Waals surface area contributed by atoms with Crippen LogP contribution in [0.1, 0.15) is 68.2 Å². The van der Waals surface area contributed by atoms with Crippen molar-refractivity contribution in [3.05, 3.63) is 0 Å². The lowest BCUT2D eigenvalue weighted by molar-refractivity contribution is 0.130. The summed E-state index contributed by atoms with van der Waals surface area (Å²) in [7, 11) is -0.707. The Balaban J connectivity index is 3.82. The highest BCUT2D eigenvalue weighted by atomic mass is 28.2. The van der Waals surface area contributed by atoms with Gasteiger partial charge in [0.2, 0.25) is 0 Å². The predicted molar refractivity (Wildman–Crippen MR) is 105 cm³/mol. The van der Waals surface area contributed by atoms with Gasteiger partial charge in [-0.1, -0.05) is 55.4 Å². The summed E-state index contributed by atoms with van der Waals surface area (Å²) in [6.45, 7) is 18.3. The molecule has 0 fully saturated rings. The van der Waals surface area contributed by atoms with Crippen LogP contribution in [-0.4, -0.2) is 31.7 Å². The standard InChI is InChI=1S/C18H42O2Si2/c1-13(2)11-17(15(5)6)19-21-9-10-22-20-18(16(7)8)12-14(3)4/h13-18H,9-12,21-22H2,1-8H3. The van der Waals surface area contributed by atoms with Gasteiger partial charge in [0, 0.05) is 12.2 Å². The minimum Gasteiger partial charge on any atom is -0.421 e. The summed E-state index contributed by atoms with van der Waals surface area (Å²) < 4.78 is 12.5. The van der Waals surface area contributed by atoms with Gasteiger partial charge in [-0.2, -0.15) is 0 Å². The summed E-state index contributed by atoms with van der Waals surface area (Å²) in [5.41, 5.74) is 0. The predicted octanol–water partition coefficient (Wildman–Crippen LogP) is 4.17. The summed E-state index contributed by atoms with van der Waals surface area (Å²) >= 11 is 0. The Hall–Kier alpha value is 0.354. The Morgan fingerprint density at radius 2 is 0.909 bits per heavy atom. The van der Waals surface area contributed by atoms with E-state index in [1.54, 1.807) is 0 Å². The maximum Gasteiger partial charge on any atom is 0.161 e. The average molecular weight is 347 g/mol. The second-order valence-corrected chi connectivity index (χ2v) is 11.2. The van der Waals surface area contributed by atoms with E-state index in [4.69, 9.17) is 8.85 Å². The molecule has 0 aliphatic carbocycles. The Kier molecular flexibility index (Phi) is 12.9. The molecule has 0 aromatic heterocycles. The van der Waals surface area contributed by atoms with E-state index in [9.17, 15) is 0 Å². The van der Waals surface area contributed by atoms with Crippen LogP contribution < -0.4 is 0 Å². The molecule has 22 heavy (non-hydrogen) atoms.